The monoisotopic (exact) mass is 265 g/mol. The Morgan fingerprint density at radius 2 is 2.28 bits per heavy atom. The summed E-state index contributed by atoms with van der Waals surface area (Å²) in [6.07, 6.45) is 1.98. The quantitative estimate of drug-likeness (QED) is 0.759. The second-order valence-electron chi connectivity index (χ2n) is 4.93. The van der Waals surface area contributed by atoms with Gasteiger partial charge in [0.05, 0.1) is 28.4 Å². The Labute approximate surface area is 111 Å². The lowest BCUT2D eigenvalue weighted by Gasteiger charge is -2.38. The van der Waals surface area contributed by atoms with Crippen LogP contribution in [0.3, 0.4) is 0 Å². The van der Waals surface area contributed by atoms with Crippen LogP contribution in [-0.4, -0.2) is 25.0 Å². The third-order valence-electron chi connectivity index (χ3n) is 3.94. The SMILES string of the molecule is Nc1c(Cl)cccc1N1CCCC2C(=O)NCC21. The van der Waals surface area contributed by atoms with Crippen LogP contribution in [0, 0.1) is 5.92 Å². The maximum atomic E-state index is 11.7. The molecule has 2 heterocycles. The molecule has 0 bridgehead atoms. The smallest absolute Gasteiger partial charge is 0.225 e. The third kappa shape index (κ3) is 1.72. The summed E-state index contributed by atoms with van der Waals surface area (Å²) in [7, 11) is 0. The Balaban J connectivity index is 1.96. The predicted octanol–water partition coefficient (Wildman–Crippen LogP) is 1.64. The van der Waals surface area contributed by atoms with Gasteiger partial charge >= 0.3 is 0 Å². The van der Waals surface area contributed by atoms with Crippen LogP contribution in [0.5, 0.6) is 0 Å². The van der Waals surface area contributed by atoms with Crippen molar-refractivity contribution >= 4 is 28.9 Å². The number of para-hydroxylation sites is 1. The molecule has 2 saturated heterocycles. The van der Waals surface area contributed by atoms with Crippen LogP contribution in [0.25, 0.3) is 0 Å². The van der Waals surface area contributed by atoms with Crippen LogP contribution in [0.2, 0.25) is 5.02 Å². The van der Waals surface area contributed by atoms with Crippen molar-refractivity contribution in [3.05, 3.63) is 23.2 Å². The molecule has 3 N–H and O–H groups in total. The van der Waals surface area contributed by atoms with Crippen molar-refractivity contribution in [3.63, 3.8) is 0 Å². The van der Waals surface area contributed by atoms with Crippen molar-refractivity contribution in [1.82, 2.24) is 5.32 Å². The fourth-order valence-corrected chi connectivity index (χ4v) is 3.20. The van der Waals surface area contributed by atoms with E-state index in [0.29, 0.717) is 17.3 Å². The number of rotatable bonds is 1. The van der Waals surface area contributed by atoms with E-state index in [1.807, 2.05) is 12.1 Å². The first-order valence-corrected chi connectivity index (χ1v) is 6.64. The molecule has 1 aromatic carbocycles. The van der Waals surface area contributed by atoms with E-state index >= 15 is 0 Å². The van der Waals surface area contributed by atoms with Crippen LogP contribution in [-0.2, 0) is 4.79 Å². The zero-order valence-electron chi connectivity index (χ0n) is 10.0. The summed E-state index contributed by atoms with van der Waals surface area (Å²) in [4.78, 5) is 14.0. The molecule has 1 amide bonds. The molecule has 18 heavy (non-hydrogen) atoms. The minimum Gasteiger partial charge on any atom is -0.396 e. The van der Waals surface area contributed by atoms with Crippen molar-refractivity contribution in [1.29, 1.82) is 0 Å². The first-order chi connectivity index (χ1) is 8.68. The average Bonchev–Trinajstić information content (AvgIpc) is 2.75. The lowest BCUT2D eigenvalue weighted by Crippen LogP contribution is -2.46. The van der Waals surface area contributed by atoms with Gasteiger partial charge in [0, 0.05) is 13.1 Å². The van der Waals surface area contributed by atoms with Gasteiger partial charge in [0.15, 0.2) is 0 Å². The number of piperidine rings is 1. The maximum absolute atomic E-state index is 11.7. The molecule has 2 atom stereocenters. The summed E-state index contributed by atoms with van der Waals surface area (Å²) < 4.78 is 0. The van der Waals surface area contributed by atoms with Gasteiger partial charge in [-0.15, -0.1) is 0 Å². The largest absolute Gasteiger partial charge is 0.396 e. The van der Waals surface area contributed by atoms with Crippen LogP contribution < -0.4 is 16.0 Å². The molecule has 0 spiro atoms. The Morgan fingerprint density at radius 1 is 1.44 bits per heavy atom. The molecule has 4 nitrogen and oxygen atoms in total. The summed E-state index contributed by atoms with van der Waals surface area (Å²) in [5.74, 6) is 0.266. The molecule has 2 aliphatic heterocycles. The second kappa shape index (κ2) is 4.35. The molecule has 2 fully saturated rings. The lowest BCUT2D eigenvalue weighted by molar-refractivity contribution is -0.122. The number of hydrogen-bond donors (Lipinski definition) is 2. The average molecular weight is 266 g/mol. The van der Waals surface area contributed by atoms with Gasteiger partial charge in [0.2, 0.25) is 5.91 Å². The predicted molar refractivity (Wildman–Crippen MR) is 72.7 cm³/mol. The number of nitrogen functional groups attached to an aromatic ring is 1. The van der Waals surface area contributed by atoms with Gasteiger partial charge in [0.1, 0.15) is 0 Å². The second-order valence-corrected chi connectivity index (χ2v) is 5.33. The van der Waals surface area contributed by atoms with Crippen molar-refractivity contribution in [2.24, 2.45) is 5.92 Å². The van der Waals surface area contributed by atoms with E-state index in [1.165, 1.54) is 0 Å². The number of anilines is 2. The van der Waals surface area contributed by atoms with Crippen molar-refractivity contribution in [2.45, 2.75) is 18.9 Å². The fraction of sp³-hybridized carbons (Fsp3) is 0.462. The Morgan fingerprint density at radius 3 is 3.11 bits per heavy atom. The van der Waals surface area contributed by atoms with E-state index in [0.717, 1.165) is 25.1 Å². The highest BCUT2D eigenvalue weighted by atomic mass is 35.5. The van der Waals surface area contributed by atoms with E-state index in [9.17, 15) is 4.79 Å². The first-order valence-electron chi connectivity index (χ1n) is 6.27. The Bertz CT molecular complexity index is 491. The molecule has 2 aliphatic rings. The van der Waals surface area contributed by atoms with Crippen LogP contribution in [0.4, 0.5) is 11.4 Å². The molecule has 2 unspecified atom stereocenters. The number of fused-ring (bicyclic) bond motifs is 1. The minimum absolute atomic E-state index is 0.0946. The van der Waals surface area contributed by atoms with Gasteiger partial charge in [-0.3, -0.25) is 4.79 Å². The molecular weight excluding hydrogens is 250 g/mol. The van der Waals surface area contributed by atoms with E-state index in [1.54, 1.807) is 6.07 Å². The molecule has 0 saturated carbocycles. The lowest BCUT2D eigenvalue weighted by atomic mass is 9.91. The van der Waals surface area contributed by atoms with E-state index in [4.69, 9.17) is 17.3 Å². The standard InChI is InChI=1S/C13H16ClN3O/c14-9-4-1-5-10(12(9)15)17-6-2-3-8-11(17)7-16-13(8)18/h1,4-5,8,11H,2-3,6-7,15H2,(H,16,18). The van der Waals surface area contributed by atoms with E-state index in [-0.39, 0.29) is 17.9 Å². The van der Waals surface area contributed by atoms with Gasteiger partial charge < -0.3 is 16.0 Å². The molecule has 3 rings (SSSR count). The van der Waals surface area contributed by atoms with Gasteiger partial charge in [-0.2, -0.15) is 0 Å². The van der Waals surface area contributed by atoms with Gasteiger partial charge in [-0.25, -0.2) is 0 Å². The number of carbonyl (C=O) groups excluding carboxylic acids is 1. The normalized spacial score (nSPS) is 26.9. The number of benzene rings is 1. The Kier molecular flexibility index (Phi) is 2.82. The first kappa shape index (κ1) is 11.7. The summed E-state index contributed by atoms with van der Waals surface area (Å²) >= 11 is 6.07. The molecular formula is C13H16ClN3O. The van der Waals surface area contributed by atoms with Crippen LogP contribution in [0.15, 0.2) is 18.2 Å². The van der Waals surface area contributed by atoms with Gasteiger partial charge in [-0.05, 0) is 25.0 Å². The number of hydrogen-bond acceptors (Lipinski definition) is 3. The summed E-state index contributed by atoms with van der Waals surface area (Å²) in [5.41, 5.74) is 7.61. The zero-order valence-corrected chi connectivity index (χ0v) is 10.8. The molecule has 5 heteroatoms. The maximum Gasteiger partial charge on any atom is 0.225 e. The minimum atomic E-state index is 0.0946. The molecule has 0 radical (unpaired) electrons. The molecule has 0 aromatic heterocycles. The number of carbonyl (C=O) groups is 1. The van der Waals surface area contributed by atoms with Crippen molar-refractivity contribution in [2.75, 3.05) is 23.7 Å². The van der Waals surface area contributed by atoms with E-state index in [2.05, 4.69) is 10.2 Å². The summed E-state index contributed by atoms with van der Waals surface area (Å²) in [6, 6.07) is 5.89. The Hall–Kier alpha value is -1.42. The molecule has 0 aliphatic carbocycles. The highest BCUT2D eigenvalue weighted by Crippen LogP contribution is 2.36. The highest BCUT2D eigenvalue weighted by Gasteiger charge is 2.41. The number of amides is 1. The zero-order chi connectivity index (χ0) is 12.7. The summed E-state index contributed by atoms with van der Waals surface area (Å²) in [5, 5.41) is 3.52. The number of nitrogens with zero attached hydrogens (tertiary/aromatic N) is 1. The molecule has 96 valence electrons. The third-order valence-corrected chi connectivity index (χ3v) is 4.27. The van der Waals surface area contributed by atoms with Gasteiger partial charge in [0.25, 0.3) is 0 Å². The van der Waals surface area contributed by atoms with Crippen LogP contribution in [0.1, 0.15) is 12.8 Å². The number of nitrogens with one attached hydrogen (secondary N) is 1. The number of halogens is 1. The van der Waals surface area contributed by atoms with Crippen LogP contribution >= 0.6 is 11.6 Å². The fourth-order valence-electron chi connectivity index (χ4n) is 3.03. The van der Waals surface area contributed by atoms with Gasteiger partial charge in [-0.1, -0.05) is 17.7 Å². The number of nitrogens with two attached hydrogens (primary N) is 1. The highest BCUT2D eigenvalue weighted by molar-refractivity contribution is 6.33. The van der Waals surface area contributed by atoms with E-state index < -0.39 is 0 Å². The van der Waals surface area contributed by atoms with Crippen molar-refractivity contribution < 1.29 is 4.79 Å². The molecule has 1 aromatic rings. The summed E-state index contributed by atoms with van der Waals surface area (Å²) in [6.45, 7) is 1.64. The van der Waals surface area contributed by atoms with Crippen molar-refractivity contribution in [3.8, 4) is 0 Å². The topological polar surface area (TPSA) is 58.4 Å².